The van der Waals surface area contributed by atoms with Gasteiger partial charge in [-0.1, -0.05) is 30.4 Å². The fourth-order valence-electron chi connectivity index (χ4n) is 2.37. The number of hydrogen-bond donors (Lipinski definition) is 1. The maximum atomic E-state index is 3.45. The van der Waals surface area contributed by atoms with E-state index in [0.717, 1.165) is 6.54 Å². The highest BCUT2D eigenvalue weighted by Gasteiger charge is 2.09. The Balaban J connectivity index is 2.10. The Kier molecular flexibility index (Phi) is 3.79. The molecule has 1 fully saturated rings. The van der Waals surface area contributed by atoms with Crippen LogP contribution in [0.5, 0.6) is 0 Å². The zero-order valence-corrected chi connectivity index (χ0v) is 10.3. The summed E-state index contributed by atoms with van der Waals surface area (Å²) in [6, 6.07) is 6.50. The highest BCUT2D eigenvalue weighted by atomic mass is 14.9. The van der Waals surface area contributed by atoms with Crippen LogP contribution in [0.25, 0.3) is 6.08 Å². The molecule has 0 amide bonds. The third-order valence-electron chi connectivity index (χ3n) is 3.41. The first-order valence-electron chi connectivity index (χ1n) is 6.22. The van der Waals surface area contributed by atoms with Crippen LogP contribution in [-0.4, -0.2) is 13.1 Å². The van der Waals surface area contributed by atoms with Crippen molar-refractivity contribution < 1.29 is 0 Å². The quantitative estimate of drug-likeness (QED) is 0.798. The molecule has 86 valence electrons. The lowest BCUT2D eigenvalue weighted by molar-refractivity contribution is 0.439. The van der Waals surface area contributed by atoms with Crippen molar-refractivity contribution in [3.8, 4) is 0 Å². The molecule has 1 aliphatic rings. The molecule has 1 nitrogen and oxygen atoms in total. The van der Waals surface area contributed by atoms with Gasteiger partial charge >= 0.3 is 0 Å². The van der Waals surface area contributed by atoms with Gasteiger partial charge in [0.2, 0.25) is 0 Å². The first kappa shape index (κ1) is 11.4. The maximum Gasteiger partial charge on any atom is 0.00143 e. The molecule has 1 heteroatoms. The minimum Gasteiger partial charge on any atom is -0.316 e. The van der Waals surface area contributed by atoms with E-state index in [0.29, 0.717) is 5.92 Å². The molecule has 16 heavy (non-hydrogen) atoms. The first-order chi connectivity index (χ1) is 7.77. The van der Waals surface area contributed by atoms with Crippen molar-refractivity contribution in [3.05, 3.63) is 41.0 Å². The second-order valence-electron chi connectivity index (χ2n) is 4.77. The van der Waals surface area contributed by atoms with Crippen LogP contribution >= 0.6 is 0 Å². The van der Waals surface area contributed by atoms with Gasteiger partial charge in [0.15, 0.2) is 0 Å². The summed E-state index contributed by atoms with van der Waals surface area (Å²) in [6.45, 7) is 6.70. The van der Waals surface area contributed by atoms with Crippen LogP contribution in [0.15, 0.2) is 24.3 Å². The summed E-state index contributed by atoms with van der Waals surface area (Å²) < 4.78 is 0. The molecular formula is C15H21N. The van der Waals surface area contributed by atoms with Crippen LogP contribution in [0.2, 0.25) is 0 Å². The summed E-state index contributed by atoms with van der Waals surface area (Å²) in [5, 5.41) is 3.45. The molecule has 1 aliphatic heterocycles. The largest absolute Gasteiger partial charge is 0.316 e. The van der Waals surface area contributed by atoms with E-state index in [-0.39, 0.29) is 0 Å². The SMILES string of the molecule is Cc1cccc(C)c1/C=C/[C@H]1CCCNC1. The van der Waals surface area contributed by atoms with E-state index in [1.807, 2.05) is 0 Å². The van der Waals surface area contributed by atoms with Crippen LogP contribution < -0.4 is 5.32 Å². The van der Waals surface area contributed by atoms with Crippen molar-refractivity contribution in [2.45, 2.75) is 26.7 Å². The lowest BCUT2D eigenvalue weighted by Crippen LogP contribution is -2.28. The second-order valence-corrected chi connectivity index (χ2v) is 4.77. The number of benzene rings is 1. The van der Waals surface area contributed by atoms with Crippen molar-refractivity contribution in [3.63, 3.8) is 0 Å². The van der Waals surface area contributed by atoms with Crippen LogP contribution in [0.4, 0.5) is 0 Å². The molecule has 1 atom stereocenters. The molecule has 0 spiro atoms. The summed E-state index contributed by atoms with van der Waals surface area (Å²) in [5.41, 5.74) is 4.15. The van der Waals surface area contributed by atoms with Gasteiger partial charge in [-0.05, 0) is 55.8 Å². The summed E-state index contributed by atoms with van der Waals surface area (Å²) in [5.74, 6) is 0.716. The Hall–Kier alpha value is -1.08. The second kappa shape index (κ2) is 5.31. The molecule has 1 aromatic carbocycles. The van der Waals surface area contributed by atoms with E-state index in [4.69, 9.17) is 0 Å². The van der Waals surface area contributed by atoms with Gasteiger partial charge < -0.3 is 5.32 Å². The molecule has 1 aromatic rings. The Bertz CT molecular complexity index is 353. The summed E-state index contributed by atoms with van der Waals surface area (Å²) in [6.07, 6.45) is 7.32. The van der Waals surface area contributed by atoms with Crippen molar-refractivity contribution in [1.29, 1.82) is 0 Å². The molecule has 0 aromatic heterocycles. The van der Waals surface area contributed by atoms with Gasteiger partial charge in [-0.25, -0.2) is 0 Å². The summed E-state index contributed by atoms with van der Waals surface area (Å²) >= 11 is 0. The Labute approximate surface area is 98.6 Å². The highest BCUT2D eigenvalue weighted by molar-refractivity contribution is 5.57. The van der Waals surface area contributed by atoms with Crippen molar-refractivity contribution in [2.24, 2.45) is 5.92 Å². The van der Waals surface area contributed by atoms with Crippen LogP contribution in [0, 0.1) is 19.8 Å². The third-order valence-corrected chi connectivity index (χ3v) is 3.41. The Morgan fingerprint density at radius 2 is 2.00 bits per heavy atom. The zero-order chi connectivity index (χ0) is 11.4. The first-order valence-corrected chi connectivity index (χ1v) is 6.22. The van der Waals surface area contributed by atoms with Gasteiger partial charge in [0, 0.05) is 6.54 Å². The number of hydrogen-bond acceptors (Lipinski definition) is 1. The molecule has 0 radical (unpaired) electrons. The minimum absolute atomic E-state index is 0.716. The molecule has 2 rings (SSSR count). The van der Waals surface area contributed by atoms with Crippen molar-refractivity contribution in [2.75, 3.05) is 13.1 Å². The molecule has 0 bridgehead atoms. The number of piperidine rings is 1. The standard InChI is InChI=1S/C15H21N/c1-12-5-3-6-13(2)15(12)9-8-14-7-4-10-16-11-14/h3,5-6,8-9,14,16H,4,7,10-11H2,1-2H3/b9-8+/t14-/m1/s1. The van der Waals surface area contributed by atoms with Crippen molar-refractivity contribution >= 4 is 6.08 Å². The number of aryl methyl sites for hydroxylation is 2. The fourth-order valence-corrected chi connectivity index (χ4v) is 2.37. The molecule has 0 aliphatic carbocycles. The average Bonchev–Trinajstić information content (AvgIpc) is 2.30. The smallest absolute Gasteiger partial charge is 0.00143 e. The van der Waals surface area contributed by atoms with E-state index >= 15 is 0 Å². The Morgan fingerprint density at radius 1 is 1.25 bits per heavy atom. The molecule has 0 unspecified atom stereocenters. The van der Waals surface area contributed by atoms with E-state index < -0.39 is 0 Å². The number of nitrogens with one attached hydrogen (secondary N) is 1. The van der Waals surface area contributed by atoms with Gasteiger partial charge in [0.05, 0.1) is 0 Å². The van der Waals surface area contributed by atoms with Gasteiger partial charge in [0.1, 0.15) is 0 Å². The van der Waals surface area contributed by atoms with Gasteiger partial charge in [-0.3, -0.25) is 0 Å². The zero-order valence-electron chi connectivity index (χ0n) is 10.3. The number of rotatable bonds is 2. The predicted octanol–water partition coefficient (Wildman–Crippen LogP) is 3.32. The van der Waals surface area contributed by atoms with E-state index in [1.54, 1.807) is 0 Å². The monoisotopic (exact) mass is 215 g/mol. The third kappa shape index (κ3) is 2.73. The van der Waals surface area contributed by atoms with E-state index in [9.17, 15) is 0 Å². The molecular weight excluding hydrogens is 194 g/mol. The van der Waals surface area contributed by atoms with Crippen LogP contribution in [0.3, 0.4) is 0 Å². The predicted molar refractivity (Wildman–Crippen MR) is 70.5 cm³/mol. The van der Waals surface area contributed by atoms with E-state index in [1.165, 1.54) is 36.1 Å². The van der Waals surface area contributed by atoms with Crippen LogP contribution in [0.1, 0.15) is 29.5 Å². The summed E-state index contributed by atoms with van der Waals surface area (Å²) in [7, 11) is 0. The lowest BCUT2D eigenvalue weighted by atomic mass is 9.96. The fraction of sp³-hybridized carbons (Fsp3) is 0.467. The van der Waals surface area contributed by atoms with Crippen LogP contribution in [-0.2, 0) is 0 Å². The van der Waals surface area contributed by atoms with E-state index in [2.05, 4.69) is 49.5 Å². The van der Waals surface area contributed by atoms with Gasteiger partial charge in [-0.15, -0.1) is 0 Å². The molecule has 0 saturated carbocycles. The molecule has 1 N–H and O–H groups in total. The highest BCUT2D eigenvalue weighted by Crippen LogP contribution is 2.18. The maximum absolute atomic E-state index is 3.45. The van der Waals surface area contributed by atoms with Crippen molar-refractivity contribution in [1.82, 2.24) is 5.32 Å². The molecule has 1 heterocycles. The molecule has 1 saturated heterocycles. The normalized spacial score (nSPS) is 21.5. The topological polar surface area (TPSA) is 12.0 Å². The Morgan fingerprint density at radius 3 is 2.62 bits per heavy atom. The minimum atomic E-state index is 0.716. The average molecular weight is 215 g/mol. The lowest BCUT2D eigenvalue weighted by Gasteiger charge is -2.19. The van der Waals surface area contributed by atoms with Gasteiger partial charge in [0.25, 0.3) is 0 Å². The van der Waals surface area contributed by atoms with Gasteiger partial charge in [-0.2, -0.15) is 0 Å². The summed E-state index contributed by atoms with van der Waals surface area (Å²) in [4.78, 5) is 0.